The van der Waals surface area contributed by atoms with Crippen LogP contribution in [0.1, 0.15) is 13.8 Å². The molecule has 3 heteroatoms. The first-order valence-corrected chi connectivity index (χ1v) is 3.75. The van der Waals surface area contributed by atoms with Crippen LogP contribution in [0.5, 0.6) is 0 Å². The second-order valence-corrected chi connectivity index (χ2v) is 3.42. The van der Waals surface area contributed by atoms with E-state index in [4.69, 9.17) is 11.3 Å². The van der Waals surface area contributed by atoms with Crippen LogP contribution in [0.25, 0.3) is 0 Å². The van der Waals surface area contributed by atoms with Crippen LogP contribution >= 0.6 is 11.8 Å². The molecule has 54 valence electrons. The number of hydrogen-bond acceptors (Lipinski definition) is 3. The number of hydrogen-bond donors (Lipinski definition) is 1. The minimum absolute atomic E-state index is 0.223. The van der Waals surface area contributed by atoms with E-state index in [1.54, 1.807) is 0 Å². The molecule has 1 heterocycles. The largest absolute Gasteiger partial charge is 0.265 e. The Morgan fingerprint density at radius 3 is 2.90 bits per heavy atom. The van der Waals surface area contributed by atoms with Gasteiger partial charge in [-0.15, -0.1) is 6.42 Å². The highest BCUT2D eigenvalue weighted by Gasteiger charge is 2.23. The summed E-state index contributed by atoms with van der Waals surface area (Å²) in [4.78, 5) is 5.15. The summed E-state index contributed by atoms with van der Waals surface area (Å²) < 4.78 is 0. The summed E-state index contributed by atoms with van der Waals surface area (Å²) in [5.74, 6) is 0. The molecule has 0 atom stereocenters. The first-order chi connectivity index (χ1) is 4.64. The molecule has 0 fully saturated rings. The van der Waals surface area contributed by atoms with Crippen molar-refractivity contribution in [2.45, 2.75) is 19.4 Å². The SMILES string of the molecule is C#CSC1=CC(C)(C)ON1. The van der Waals surface area contributed by atoms with Gasteiger partial charge in [-0.3, -0.25) is 10.3 Å². The molecule has 10 heavy (non-hydrogen) atoms. The molecular formula is C7H9NOS. The van der Waals surface area contributed by atoms with Crippen LogP contribution in [0, 0.1) is 11.7 Å². The van der Waals surface area contributed by atoms with Crippen molar-refractivity contribution in [3.05, 3.63) is 11.1 Å². The topological polar surface area (TPSA) is 21.3 Å². The molecule has 0 unspecified atom stereocenters. The number of thioether (sulfide) groups is 1. The lowest BCUT2D eigenvalue weighted by atomic mass is 10.1. The number of terminal acetylenes is 1. The molecule has 0 saturated carbocycles. The Bertz CT molecular complexity index is 202. The minimum atomic E-state index is -0.223. The van der Waals surface area contributed by atoms with E-state index in [1.807, 2.05) is 19.9 Å². The highest BCUT2D eigenvalue weighted by molar-refractivity contribution is 8.07. The van der Waals surface area contributed by atoms with E-state index in [1.165, 1.54) is 11.8 Å². The molecule has 1 aliphatic heterocycles. The van der Waals surface area contributed by atoms with Gasteiger partial charge in [-0.1, -0.05) is 0 Å². The normalized spacial score (nSPS) is 21.1. The summed E-state index contributed by atoms with van der Waals surface area (Å²) in [6.45, 7) is 3.92. The van der Waals surface area contributed by atoms with E-state index in [9.17, 15) is 0 Å². The van der Waals surface area contributed by atoms with Crippen LogP contribution in [-0.2, 0) is 4.84 Å². The van der Waals surface area contributed by atoms with E-state index >= 15 is 0 Å². The molecular weight excluding hydrogens is 146 g/mol. The first-order valence-electron chi connectivity index (χ1n) is 2.93. The van der Waals surface area contributed by atoms with Crippen LogP contribution in [0.15, 0.2) is 11.1 Å². The van der Waals surface area contributed by atoms with Crippen molar-refractivity contribution >= 4 is 11.8 Å². The van der Waals surface area contributed by atoms with Crippen molar-refractivity contribution < 1.29 is 4.84 Å². The predicted molar refractivity (Wildman–Crippen MR) is 42.8 cm³/mol. The van der Waals surface area contributed by atoms with E-state index < -0.39 is 0 Å². The molecule has 0 aromatic carbocycles. The Balaban J connectivity index is 2.59. The Labute approximate surface area is 65.0 Å². The molecule has 0 amide bonds. The minimum Gasteiger partial charge on any atom is -0.265 e. The lowest BCUT2D eigenvalue weighted by Crippen LogP contribution is -2.20. The lowest BCUT2D eigenvalue weighted by Gasteiger charge is -2.11. The Morgan fingerprint density at radius 1 is 1.80 bits per heavy atom. The third-order valence-electron chi connectivity index (χ3n) is 1.06. The zero-order valence-corrected chi connectivity index (χ0v) is 6.79. The number of nitrogens with one attached hydrogen (secondary N) is 1. The van der Waals surface area contributed by atoms with Crippen molar-refractivity contribution in [3.63, 3.8) is 0 Å². The van der Waals surface area contributed by atoms with E-state index in [0.717, 1.165) is 5.03 Å². The Hall–Kier alpha value is -0.590. The van der Waals surface area contributed by atoms with Crippen LogP contribution in [0.2, 0.25) is 0 Å². The number of rotatable bonds is 1. The third-order valence-corrected chi connectivity index (χ3v) is 1.60. The highest BCUT2D eigenvalue weighted by atomic mass is 32.2. The molecule has 1 N–H and O–H groups in total. The fourth-order valence-electron chi connectivity index (χ4n) is 0.670. The van der Waals surface area contributed by atoms with E-state index in [-0.39, 0.29) is 5.60 Å². The van der Waals surface area contributed by atoms with Gasteiger partial charge < -0.3 is 0 Å². The van der Waals surface area contributed by atoms with Crippen LogP contribution in [0.3, 0.4) is 0 Å². The highest BCUT2D eigenvalue weighted by Crippen LogP contribution is 2.24. The van der Waals surface area contributed by atoms with E-state index in [0.29, 0.717) is 0 Å². The Kier molecular flexibility index (Phi) is 1.93. The zero-order chi connectivity index (χ0) is 7.61. The van der Waals surface area contributed by atoms with Gasteiger partial charge in [0.15, 0.2) is 0 Å². The lowest BCUT2D eigenvalue weighted by molar-refractivity contribution is -0.0126. The van der Waals surface area contributed by atoms with Crippen molar-refractivity contribution in [1.29, 1.82) is 0 Å². The molecule has 0 saturated heterocycles. The fourth-order valence-corrected chi connectivity index (χ4v) is 1.22. The second kappa shape index (κ2) is 2.57. The van der Waals surface area contributed by atoms with Gasteiger partial charge in [0.05, 0.1) is 0 Å². The van der Waals surface area contributed by atoms with E-state index in [2.05, 4.69) is 10.7 Å². The molecule has 2 nitrogen and oxygen atoms in total. The van der Waals surface area contributed by atoms with Crippen LogP contribution in [0.4, 0.5) is 0 Å². The average Bonchev–Trinajstić information content (AvgIpc) is 2.12. The summed E-state index contributed by atoms with van der Waals surface area (Å²) >= 11 is 1.29. The summed E-state index contributed by atoms with van der Waals surface area (Å²) in [6.07, 6.45) is 7.03. The summed E-state index contributed by atoms with van der Waals surface area (Å²) in [6, 6.07) is 0. The molecule has 0 radical (unpaired) electrons. The second-order valence-electron chi connectivity index (χ2n) is 2.54. The maximum atomic E-state index is 5.15. The van der Waals surface area contributed by atoms with Crippen molar-refractivity contribution in [2.75, 3.05) is 0 Å². The van der Waals surface area contributed by atoms with Gasteiger partial charge in [-0.05, 0) is 36.9 Å². The quantitative estimate of drug-likeness (QED) is 0.579. The molecule has 0 aliphatic carbocycles. The van der Waals surface area contributed by atoms with Gasteiger partial charge in [0.25, 0.3) is 0 Å². The van der Waals surface area contributed by atoms with Gasteiger partial charge in [0.2, 0.25) is 0 Å². The molecule has 1 rings (SSSR count). The summed E-state index contributed by atoms with van der Waals surface area (Å²) in [5.41, 5.74) is 2.51. The van der Waals surface area contributed by atoms with Crippen molar-refractivity contribution in [1.82, 2.24) is 5.48 Å². The molecule has 0 aromatic heterocycles. The fraction of sp³-hybridized carbons (Fsp3) is 0.429. The first kappa shape index (κ1) is 7.52. The average molecular weight is 155 g/mol. The summed E-state index contributed by atoms with van der Waals surface area (Å²) in [7, 11) is 0. The maximum Gasteiger partial charge on any atom is 0.111 e. The van der Waals surface area contributed by atoms with Gasteiger partial charge in [0, 0.05) is 0 Å². The van der Waals surface area contributed by atoms with Gasteiger partial charge >= 0.3 is 0 Å². The summed E-state index contributed by atoms with van der Waals surface area (Å²) in [5, 5.41) is 3.35. The van der Waals surface area contributed by atoms with Crippen molar-refractivity contribution in [2.24, 2.45) is 0 Å². The smallest absolute Gasteiger partial charge is 0.111 e. The predicted octanol–water partition coefficient (Wildman–Crippen LogP) is 1.47. The number of hydroxylamine groups is 1. The molecule has 0 spiro atoms. The van der Waals surface area contributed by atoms with Crippen LogP contribution < -0.4 is 5.48 Å². The monoisotopic (exact) mass is 155 g/mol. The third kappa shape index (κ3) is 1.69. The van der Waals surface area contributed by atoms with Crippen molar-refractivity contribution in [3.8, 4) is 11.7 Å². The molecule has 0 bridgehead atoms. The Morgan fingerprint density at radius 2 is 2.50 bits per heavy atom. The zero-order valence-electron chi connectivity index (χ0n) is 5.97. The van der Waals surface area contributed by atoms with Gasteiger partial charge in [0.1, 0.15) is 10.6 Å². The maximum absolute atomic E-state index is 5.15. The molecule has 1 aliphatic rings. The van der Waals surface area contributed by atoms with Gasteiger partial charge in [-0.2, -0.15) is 0 Å². The standard InChI is InChI=1S/C7H9NOS/c1-4-10-6-5-7(2,3)9-8-6/h1,5,8H,2-3H3. The van der Waals surface area contributed by atoms with Gasteiger partial charge in [-0.25, -0.2) is 0 Å². The molecule has 0 aromatic rings. The van der Waals surface area contributed by atoms with Crippen LogP contribution in [-0.4, -0.2) is 5.60 Å².